The number of amides is 2. The zero-order chi connectivity index (χ0) is 23.1. The van der Waals surface area contributed by atoms with E-state index in [1.165, 1.54) is 4.90 Å². The second kappa shape index (κ2) is 11.1. The van der Waals surface area contributed by atoms with E-state index in [1.54, 1.807) is 31.1 Å². The molecule has 172 valence electrons. The Balaban J connectivity index is 1.48. The van der Waals surface area contributed by atoms with E-state index in [2.05, 4.69) is 4.98 Å². The van der Waals surface area contributed by atoms with Crippen LogP contribution in [-0.2, 0) is 25.5 Å². The summed E-state index contributed by atoms with van der Waals surface area (Å²) >= 11 is 6.18. The number of esters is 1. The molecule has 0 spiro atoms. The average molecular weight is 462 g/mol. The van der Waals surface area contributed by atoms with Crippen molar-refractivity contribution in [1.82, 2.24) is 14.8 Å². The predicted molar refractivity (Wildman–Crippen MR) is 119 cm³/mol. The Morgan fingerprint density at radius 1 is 1.31 bits per heavy atom. The van der Waals surface area contributed by atoms with Gasteiger partial charge in [0.1, 0.15) is 0 Å². The minimum atomic E-state index is -0.300. The fourth-order valence-electron chi connectivity index (χ4n) is 3.66. The number of aryl methyl sites for hydroxylation is 1. The number of likely N-dealkylation sites (tertiary alicyclic amines) is 1. The van der Waals surface area contributed by atoms with Gasteiger partial charge in [-0.05, 0) is 31.9 Å². The van der Waals surface area contributed by atoms with Crippen LogP contribution < -0.4 is 0 Å². The number of hydrogen-bond acceptors (Lipinski definition) is 6. The van der Waals surface area contributed by atoms with Crippen LogP contribution in [0.4, 0.5) is 0 Å². The van der Waals surface area contributed by atoms with E-state index in [0.29, 0.717) is 49.2 Å². The molecule has 0 bridgehead atoms. The van der Waals surface area contributed by atoms with Gasteiger partial charge < -0.3 is 19.0 Å². The zero-order valence-corrected chi connectivity index (χ0v) is 19.1. The van der Waals surface area contributed by atoms with Crippen molar-refractivity contribution in [3.05, 3.63) is 41.4 Å². The third-order valence-electron chi connectivity index (χ3n) is 5.44. The third kappa shape index (κ3) is 6.09. The van der Waals surface area contributed by atoms with Crippen molar-refractivity contribution >= 4 is 29.4 Å². The predicted octanol–water partition coefficient (Wildman–Crippen LogP) is 3.19. The SMILES string of the molecule is CCOC(=O)C1CCCN(C(=O)CN(C)C(=O)CCc2ncc(-c3ccccc3Cl)o2)C1. The van der Waals surface area contributed by atoms with Crippen molar-refractivity contribution < 1.29 is 23.5 Å². The topological polar surface area (TPSA) is 93.0 Å². The normalized spacial score (nSPS) is 16.0. The summed E-state index contributed by atoms with van der Waals surface area (Å²) in [4.78, 5) is 44.4. The Morgan fingerprint density at radius 2 is 2.09 bits per heavy atom. The molecule has 32 heavy (non-hydrogen) atoms. The minimum Gasteiger partial charge on any atom is -0.466 e. The van der Waals surface area contributed by atoms with Gasteiger partial charge in [-0.3, -0.25) is 14.4 Å². The lowest BCUT2D eigenvalue weighted by atomic mass is 9.98. The number of carbonyl (C=O) groups is 3. The number of oxazole rings is 1. The van der Waals surface area contributed by atoms with Gasteiger partial charge in [0, 0.05) is 38.5 Å². The molecule has 0 aliphatic carbocycles. The van der Waals surface area contributed by atoms with Gasteiger partial charge in [0.15, 0.2) is 11.7 Å². The largest absolute Gasteiger partial charge is 0.466 e. The highest BCUT2D eigenvalue weighted by molar-refractivity contribution is 6.33. The number of piperidine rings is 1. The Morgan fingerprint density at radius 3 is 2.84 bits per heavy atom. The Bertz CT molecular complexity index is 961. The molecule has 1 atom stereocenters. The molecule has 0 saturated carbocycles. The first-order chi connectivity index (χ1) is 15.4. The minimum absolute atomic E-state index is 0.0369. The number of rotatable bonds is 8. The van der Waals surface area contributed by atoms with Gasteiger partial charge in [0.05, 0.1) is 30.3 Å². The van der Waals surface area contributed by atoms with Gasteiger partial charge in [-0.25, -0.2) is 4.98 Å². The van der Waals surface area contributed by atoms with E-state index >= 15 is 0 Å². The van der Waals surface area contributed by atoms with Gasteiger partial charge in [-0.2, -0.15) is 0 Å². The van der Waals surface area contributed by atoms with Crippen LogP contribution in [0, 0.1) is 5.92 Å². The van der Waals surface area contributed by atoms with Gasteiger partial charge in [-0.15, -0.1) is 0 Å². The number of hydrogen-bond donors (Lipinski definition) is 0. The van der Waals surface area contributed by atoms with E-state index in [4.69, 9.17) is 20.8 Å². The lowest BCUT2D eigenvalue weighted by Crippen LogP contribution is -2.47. The summed E-state index contributed by atoms with van der Waals surface area (Å²) < 4.78 is 10.8. The van der Waals surface area contributed by atoms with Gasteiger partial charge in [-0.1, -0.05) is 23.7 Å². The number of nitrogens with zero attached hydrogens (tertiary/aromatic N) is 3. The zero-order valence-electron chi connectivity index (χ0n) is 18.4. The maximum atomic E-state index is 12.6. The third-order valence-corrected chi connectivity index (χ3v) is 5.77. The highest BCUT2D eigenvalue weighted by Gasteiger charge is 2.30. The van der Waals surface area contributed by atoms with Gasteiger partial charge in [0.2, 0.25) is 11.8 Å². The molecule has 1 saturated heterocycles. The van der Waals surface area contributed by atoms with Crippen LogP contribution in [0.2, 0.25) is 5.02 Å². The summed E-state index contributed by atoms with van der Waals surface area (Å²) in [5.74, 6) is 0.0495. The van der Waals surface area contributed by atoms with Crippen molar-refractivity contribution in [3.63, 3.8) is 0 Å². The molecule has 1 unspecified atom stereocenters. The molecular formula is C23H28ClN3O5. The summed E-state index contributed by atoms with van der Waals surface area (Å²) in [6.07, 6.45) is 3.52. The second-order valence-corrected chi connectivity index (χ2v) is 8.19. The fourth-order valence-corrected chi connectivity index (χ4v) is 3.89. The molecule has 9 heteroatoms. The number of halogens is 1. The van der Waals surface area contributed by atoms with Crippen LogP contribution in [0.3, 0.4) is 0 Å². The molecule has 1 aromatic carbocycles. The first-order valence-electron chi connectivity index (χ1n) is 10.8. The summed E-state index contributed by atoms with van der Waals surface area (Å²) in [5, 5.41) is 0.562. The van der Waals surface area contributed by atoms with Crippen LogP contribution >= 0.6 is 11.6 Å². The number of benzene rings is 1. The molecule has 1 fully saturated rings. The van der Waals surface area contributed by atoms with E-state index in [1.807, 2.05) is 18.2 Å². The lowest BCUT2D eigenvalue weighted by molar-refractivity contribution is -0.152. The highest BCUT2D eigenvalue weighted by Crippen LogP contribution is 2.28. The molecule has 0 N–H and O–H groups in total. The van der Waals surface area contributed by atoms with Crippen molar-refractivity contribution in [2.45, 2.75) is 32.6 Å². The van der Waals surface area contributed by atoms with Crippen LogP contribution in [0.15, 0.2) is 34.9 Å². The monoisotopic (exact) mass is 461 g/mol. The fraction of sp³-hybridized carbons (Fsp3) is 0.478. The average Bonchev–Trinajstić information content (AvgIpc) is 3.26. The van der Waals surface area contributed by atoms with Crippen LogP contribution in [-0.4, -0.2) is 65.9 Å². The second-order valence-electron chi connectivity index (χ2n) is 7.78. The smallest absolute Gasteiger partial charge is 0.310 e. The molecule has 2 amide bonds. The molecule has 1 aliphatic heterocycles. The molecule has 3 rings (SSSR count). The molecule has 8 nitrogen and oxygen atoms in total. The molecule has 0 radical (unpaired) electrons. The Kier molecular flexibility index (Phi) is 8.27. The quantitative estimate of drug-likeness (QED) is 0.560. The summed E-state index contributed by atoms with van der Waals surface area (Å²) in [6.45, 7) is 2.97. The first kappa shape index (κ1) is 23.8. The van der Waals surface area contributed by atoms with E-state index in [0.717, 1.165) is 12.0 Å². The van der Waals surface area contributed by atoms with Crippen LogP contribution in [0.25, 0.3) is 11.3 Å². The maximum absolute atomic E-state index is 12.6. The maximum Gasteiger partial charge on any atom is 0.310 e. The van der Waals surface area contributed by atoms with Gasteiger partial charge >= 0.3 is 5.97 Å². The van der Waals surface area contributed by atoms with Crippen molar-refractivity contribution in [2.75, 3.05) is 33.3 Å². The number of aromatic nitrogens is 1. The van der Waals surface area contributed by atoms with Crippen LogP contribution in [0.1, 0.15) is 32.1 Å². The molecule has 1 aromatic heterocycles. The Labute approximate surface area is 192 Å². The van der Waals surface area contributed by atoms with E-state index in [-0.39, 0.29) is 36.7 Å². The number of likely N-dealkylation sites (N-methyl/N-ethyl adjacent to an activating group) is 1. The molecule has 1 aliphatic rings. The number of carbonyl (C=O) groups excluding carboxylic acids is 3. The highest BCUT2D eigenvalue weighted by atomic mass is 35.5. The van der Waals surface area contributed by atoms with Crippen LogP contribution in [0.5, 0.6) is 0 Å². The number of ether oxygens (including phenoxy) is 1. The van der Waals surface area contributed by atoms with Crippen molar-refractivity contribution in [2.24, 2.45) is 5.92 Å². The standard InChI is InChI=1S/C23H28ClN3O5/c1-3-31-23(30)16-7-6-12-27(14-16)22(29)15-26(2)21(28)11-10-20-25-13-19(32-20)17-8-4-5-9-18(17)24/h4-5,8-9,13,16H,3,6-7,10-12,14-15H2,1-2H3. The van der Waals surface area contributed by atoms with Crippen molar-refractivity contribution in [1.29, 1.82) is 0 Å². The lowest BCUT2D eigenvalue weighted by Gasteiger charge is -2.32. The van der Waals surface area contributed by atoms with E-state index in [9.17, 15) is 14.4 Å². The van der Waals surface area contributed by atoms with Gasteiger partial charge in [0.25, 0.3) is 0 Å². The Hall–Kier alpha value is -2.87. The summed E-state index contributed by atoms with van der Waals surface area (Å²) in [7, 11) is 1.59. The van der Waals surface area contributed by atoms with E-state index < -0.39 is 0 Å². The summed E-state index contributed by atoms with van der Waals surface area (Å²) in [6, 6.07) is 7.30. The summed E-state index contributed by atoms with van der Waals surface area (Å²) in [5.41, 5.74) is 0.740. The van der Waals surface area contributed by atoms with Crippen molar-refractivity contribution in [3.8, 4) is 11.3 Å². The molecule has 2 heterocycles. The first-order valence-corrected chi connectivity index (χ1v) is 11.1. The molecular weight excluding hydrogens is 434 g/mol. The molecule has 2 aromatic rings.